The van der Waals surface area contributed by atoms with Crippen molar-refractivity contribution in [2.75, 3.05) is 30.0 Å². The van der Waals surface area contributed by atoms with E-state index >= 15 is 0 Å². The highest BCUT2D eigenvalue weighted by atomic mass is 32.2. The molecular formula is C21H22F2N6O5S2. The first-order valence-electron chi connectivity index (χ1n) is 10.7. The fraction of sp³-hybridized carbons (Fsp3) is 0.286. The highest BCUT2D eigenvalue weighted by Crippen LogP contribution is 2.42. The van der Waals surface area contributed by atoms with Gasteiger partial charge < -0.3 is 20.6 Å². The lowest BCUT2D eigenvalue weighted by atomic mass is 10.2. The largest absolute Gasteiger partial charge is 0.586 e. The number of alkyl halides is 2. The van der Waals surface area contributed by atoms with Gasteiger partial charge in [0.2, 0.25) is 21.1 Å². The Bertz CT molecular complexity index is 1400. The van der Waals surface area contributed by atoms with Crippen LogP contribution in [0.2, 0.25) is 0 Å². The number of amides is 1. The summed E-state index contributed by atoms with van der Waals surface area (Å²) < 4.78 is 63.2. The van der Waals surface area contributed by atoms with Crippen LogP contribution < -0.4 is 20.6 Å². The van der Waals surface area contributed by atoms with E-state index in [9.17, 15) is 22.0 Å². The van der Waals surface area contributed by atoms with E-state index in [-0.39, 0.29) is 38.8 Å². The molecule has 1 aromatic heterocycles. The molecule has 36 heavy (non-hydrogen) atoms. The third-order valence-corrected chi connectivity index (χ3v) is 8.11. The number of halogens is 2. The number of nitrogens with zero attached hydrogens (tertiary/aromatic N) is 4. The summed E-state index contributed by atoms with van der Waals surface area (Å²) in [6, 6.07) is 10.1. The second-order valence-electron chi connectivity index (χ2n) is 7.46. The lowest BCUT2D eigenvalue weighted by molar-refractivity contribution is -0.286. The number of hydrogen-bond acceptors (Lipinski definition) is 9. The number of thioether (sulfide) groups is 1. The summed E-state index contributed by atoms with van der Waals surface area (Å²) in [7, 11) is -3.68. The molecule has 0 spiro atoms. The Balaban J connectivity index is 1.43. The monoisotopic (exact) mass is 540 g/mol. The summed E-state index contributed by atoms with van der Waals surface area (Å²) >= 11 is 0.987. The van der Waals surface area contributed by atoms with Gasteiger partial charge >= 0.3 is 6.29 Å². The maximum atomic E-state index is 13.2. The van der Waals surface area contributed by atoms with Gasteiger partial charge in [-0.05, 0) is 24.3 Å². The minimum Gasteiger partial charge on any atom is -0.395 e. The molecule has 0 saturated heterocycles. The maximum absolute atomic E-state index is 13.2. The minimum absolute atomic E-state index is 0.0989. The summed E-state index contributed by atoms with van der Waals surface area (Å²) in [5.74, 6) is 5.43. The zero-order chi connectivity index (χ0) is 26.1. The molecule has 2 aromatic carbocycles. The number of carbonyl (C=O) groups is 1. The van der Waals surface area contributed by atoms with Gasteiger partial charge in [0.15, 0.2) is 17.3 Å². The summed E-state index contributed by atoms with van der Waals surface area (Å²) in [6.45, 7) is 4.17. The van der Waals surface area contributed by atoms with Crippen LogP contribution in [0.1, 0.15) is 13.8 Å². The number of sulfonamides is 1. The summed E-state index contributed by atoms with van der Waals surface area (Å²) in [6.07, 6.45) is -3.75. The van der Waals surface area contributed by atoms with Crippen LogP contribution in [0.3, 0.4) is 0 Å². The molecule has 0 atom stereocenters. The molecule has 1 aliphatic heterocycles. The molecule has 4 rings (SSSR count). The van der Waals surface area contributed by atoms with Crippen molar-refractivity contribution in [1.29, 1.82) is 0 Å². The van der Waals surface area contributed by atoms with Crippen LogP contribution in [0, 0.1) is 0 Å². The second kappa shape index (κ2) is 9.91. The van der Waals surface area contributed by atoms with Crippen molar-refractivity contribution in [1.82, 2.24) is 19.2 Å². The molecule has 0 bridgehead atoms. The van der Waals surface area contributed by atoms with E-state index in [0.717, 1.165) is 16.4 Å². The number of hydrogen-bond donors (Lipinski definition) is 2. The van der Waals surface area contributed by atoms with E-state index in [2.05, 4.69) is 25.0 Å². The molecule has 0 radical (unpaired) electrons. The number of anilines is 1. The highest BCUT2D eigenvalue weighted by molar-refractivity contribution is 7.99. The number of nitrogen functional groups attached to an aromatic ring is 1. The van der Waals surface area contributed by atoms with Crippen LogP contribution in [0.4, 0.5) is 14.5 Å². The van der Waals surface area contributed by atoms with Gasteiger partial charge in [-0.1, -0.05) is 37.7 Å². The Morgan fingerprint density at radius 2 is 1.86 bits per heavy atom. The van der Waals surface area contributed by atoms with E-state index in [1.807, 2.05) is 0 Å². The Morgan fingerprint density at radius 1 is 1.14 bits per heavy atom. The van der Waals surface area contributed by atoms with Gasteiger partial charge in [0.05, 0.1) is 10.6 Å². The molecule has 1 aliphatic rings. The van der Waals surface area contributed by atoms with E-state index < -0.39 is 22.2 Å². The van der Waals surface area contributed by atoms with Crippen LogP contribution in [0.15, 0.2) is 52.5 Å². The summed E-state index contributed by atoms with van der Waals surface area (Å²) in [4.78, 5) is 12.5. The first-order valence-corrected chi connectivity index (χ1v) is 13.1. The molecule has 1 amide bonds. The number of carbonyl (C=O) groups excluding carboxylic acids is 1. The SMILES string of the molecule is CCN(CC)S(=O)(=O)c1cccc(-c2nnc(SCC(=O)Nc3ccc4c(c3)OC(F)(F)O4)n2N)c1. The van der Waals surface area contributed by atoms with E-state index in [0.29, 0.717) is 18.7 Å². The summed E-state index contributed by atoms with van der Waals surface area (Å²) in [5, 5.41) is 10.8. The van der Waals surface area contributed by atoms with Crippen molar-refractivity contribution in [2.45, 2.75) is 30.2 Å². The predicted octanol–water partition coefficient (Wildman–Crippen LogP) is 2.74. The standard InChI is InChI=1S/C21H22F2N6O5S2/c1-3-28(4-2)36(31,32)15-7-5-6-13(10-15)19-26-27-20(29(19)24)35-12-18(30)25-14-8-9-16-17(11-14)34-21(22,23)33-16/h5-11H,3-4,12,24H2,1-2H3,(H,25,30). The van der Waals surface area contributed by atoms with Crippen molar-refractivity contribution in [3.05, 3.63) is 42.5 Å². The van der Waals surface area contributed by atoms with Gasteiger partial charge in [-0.2, -0.15) is 4.31 Å². The molecule has 0 fully saturated rings. The quantitative estimate of drug-likeness (QED) is 0.309. The molecule has 11 nitrogen and oxygen atoms in total. The van der Waals surface area contributed by atoms with Gasteiger partial charge in [0.1, 0.15) is 0 Å². The molecule has 15 heteroatoms. The fourth-order valence-electron chi connectivity index (χ4n) is 3.43. The van der Waals surface area contributed by atoms with Crippen molar-refractivity contribution in [3.8, 4) is 22.9 Å². The van der Waals surface area contributed by atoms with Gasteiger partial charge in [-0.25, -0.2) is 13.1 Å². The predicted molar refractivity (Wildman–Crippen MR) is 128 cm³/mol. The third-order valence-electron chi connectivity index (χ3n) is 5.12. The average Bonchev–Trinajstić information content (AvgIpc) is 3.35. The summed E-state index contributed by atoms with van der Waals surface area (Å²) in [5.41, 5.74) is 0.675. The van der Waals surface area contributed by atoms with Crippen LogP contribution in [-0.4, -0.2) is 58.6 Å². The minimum atomic E-state index is -3.75. The maximum Gasteiger partial charge on any atom is 0.586 e. The lowest BCUT2D eigenvalue weighted by Crippen LogP contribution is -2.30. The van der Waals surface area contributed by atoms with Crippen LogP contribution >= 0.6 is 11.8 Å². The molecule has 0 unspecified atom stereocenters. The Kier molecular flexibility index (Phi) is 7.06. The van der Waals surface area contributed by atoms with Crippen LogP contribution in [0.5, 0.6) is 11.5 Å². The van der Waals surface area contributed by atoms with Crippen molar-refractivity contribution >= 4 is 33.4 Å². The molecule has 0 saturated carbocycles. The van der Waals surface area contributed by atoms with Crippen molar-refractivity contribution in [2.24, 2.45) is 0 Å². The van der Waals surface area contributed by atoms with Crippen LogP contribution in [0.25, 0.3) is 11.4 Å². The second-order valence-corrected chi connectivity index (χ2v) is 10.3. The number of benzene rings is 2. The topological polar surface area (TPSA) is 142 Å². The van der Waals surface area contributed by atoms with E-state index in [4.69, 9.17) is 5.84 Å². The average molecular weight is 541 g/mol. The lowest BCUT2D eigenvalue weighted by Gasteiger charge is -2.18. The molecule has 3 aromatic rings. The Labute approximate surface area is 209 Å². The number of ether oxygens (including phenoxy) is 2. The first-order chi connectivity index (χ1) is 17.0. The molecule has 3 N–H and O–H groups in total. The molecule has 192 valence electrons. The Hall–Kier alpha value is -3.43. The molecular weight excluding hydrogens is 518 g/mol. The van der Waals surface area contributed by atoms with Gasteiger partial charge in [-0.15, -0.1) is 19.0 Å². The van der Waals surface area contributed by atoms with Gasteiger partial charge in [0.25, 0.3) is 0 Å². The smallest absolute Gasteiger partial charge is 0.395 e. The Morgan fingerprint density at radius 3 is 2.58 bits per heavy atom. The number of nitrogens with one attached hydrogen (secondary N) is 1. The van der Waals surface area contributed by atoms with Crippen molar-refractivity contribution in [3.63, 3.8) is 0 Å². The van der Waals surface area contributed by atoms with Gasteiger partial charge in [-0.3, -0.25) is 4.79 Å². The highest BCUT2D eigenvalue weighted by Gasteiger charge is 2.43. The molecule has 0 aliphatic carbocycles. The number of fused-ring (bicyclic) bond motifs is 1. The molecule has 2 heterocycles. The number of aromatic nitrogens is 3. The normalized spacial score (nSPS) is 14.2. The van der Waals surface area contributed by atoms with Gasteiger partial charge in [0, 0.05) is 30.4 Å². The number of nitrogens with two attached hydrogens (primary N) is 1. The fourth-order valence-corrected chi connectivity index (χ4v) is 5.60. The third kappa shape index (κ3) is 5.22. The van der Waals surface area contributed by atoms with Crippen molar-refractivity contribution < 1.29 is 31.5 Å². The number of rotatable bonds is 9. The zero-order valence-corrected chi connectivity index (χ0v) is 20.8. The van der Waals surface area contributed by atoms with E-state index in [1.165, 1.54) is 34.6 Å². The first kappa shape index (κ1) is 25.7. The van der Waals surface area contributed by atoms with E-state index in [1.54, 1.807) is 26.0 Å². The van der Waals surface area contributed by atoms with Crippen LogP contribution in [-0.2, 0) is 14.8 Å². The zero-order valence-electron chi connectivity index (χ0n) is 19.1.